The molecular formula is C28H27F3N6O3. The van der Waals surface area contributed by atoms with Crippen molar-refractivity contribution in [2.75, 3.05) is 11.9 Å². The van der Waals surface area contributed by atoms with Crippen LogP contribution >= 0.6 is 0 Å². The molecule has 4 heterocycles. The molecule has 0 bridgehead atoms. The van der Waals surface area contributed by atoms with Crippen molar-refractivity contribution in [1.29, 1.82) is 0 Å². The van der Waals surface area contributed by atoms with Crippen LogP contribution in [0.25, 0.3) is 11.3 Å². The number of nitrogens with one attached hydrogen (secondary N) is 2. The summed E-state index contributed by atoms with van der Waals surface area (Å²) < 4.78 is 42.6. The SMILES string of the molecule is Cc1nc(-c2cn([C@H]3C[C@H](CNc4ccc5c(c4)CN(C4CCC(=O)NC4=O)C5=O)C3)nc2C(F)F)ccc1F. The second kappa shape index (κ2) is 10.1. The smallest absolute Gasteiger partial charge is 0.282 e. The zero-order valence-corrected chi connectivity index (χ0v) is 21.7. The molecule has 2 fully saturated rings. The molecule has 1 saturated heterocycles. The monoisotopic (exact) mass is 552 g/mol. The topological polar surface area (TPSA) is 109 Å². The van der Waals surface area contributed by atoms with Crippen LogP contribution in [0.4, 0.5) is 18.9 Å². The average Bonchev–Trinajstić information content (AvgIpc) is 3.47. The zero-order valence-electron chi connectivity index (χ0n) is 21.7. The van der Waals surface area contributed by atoms with E-state index in [-0.39, 0.29) is 46.9 Å². The predicted molar refractivity (Wildman–Crippen MR) is 138 cm³/mol. The summed E-state index contributed by atoms with van der Waals surface area (Å²) in [7, 11) is 0. The molecule has 0 spiro atoms. The van der Waals surface area contributed by atoms with Gasteiger partial charge in [-0.15, -0.1) is 0 Å². The third kappa shape index (κ3) is 4.71. The Morgan fingerprint density at radius 3 is 2.65 bits per heavy atom. The van der Waals surface area contributed by atoms with Crippen LogP contribution in [0.5, 0.6) is 0 Å². The lowest BCUT2D eigenvalue weighted by molar-refractivity contribution is -0.136. The highest BCUT2D eigenvalue weighted by Gasteiger charge is 2.39. The van der Waals surface area contributed by atoms with Crippen molar-refractivity contribution in [3.63, 3.8) is 0 Å². The first-order valence-electron chi connectivity index (χ1n) is 13.2. The number of amides is 3. The highest BCUT2D eigenvalue weighted by Crippen LogP contribution is 2.40. The Labute approximate surface area is 227 Å². The molecule has 2 aliphatic heterocycles. The number of imide groups is 1. The van der Waals surface area contributed by atoms with Crippen molar-refractivity contribution in [2.45, 2.75) is 57.7 Å². The van der Waals surface area contributed by atoms with Crippen LogP contribution in [0.2, 0.25) is 0 Å². The Morgan fingerprint density at radius 2 is 1.93 bits per heavy atom. The molecule has 1 unspecified atom stereocenters. The van der Waals surface area contributed by atoms with Gasteiger partial charge in [-0.3, -0.25) is 24.4 Å². The molecule has 1 saturated carbocycles. The van der Waals surface area contributed by atoms with Crippen LogP contribution in [0, 0.1) is 18.7 Å². The number of pyridine rings is 1. The molecule has 1 aromatic carbocycles. The molecule has 1 aliphatic carbocycles. The summed E-state index contributed by atoms with van der Waals surface area (Å²) in [6.45, 7) is 2.45. The van der Waals surface area contributed by atoms with E-state index in [1.165, 1.54) is 24.0 Å². The Hall–Kier alpha value is -4.22. The molecule has 0 radical (unpaired) electrons. The van der Waals surface area contributed by atoms with Gasteiger partial charge in [-0.2, -0.15) is 5.10 Å². The van der Waals surface area contributed by atoms with Gasteiger partial charge in [0.25, 0.3) is 12.3 Å². The van der Waals surface area contributed by atoms with Crippen molar-refractivity contribution in [3.8, 4) is 11.3 Å². The van der Waals surface area contributed by atoms with Gasteiger partial charge in [0.15, 0.2) is 0 Å². The molecule has 208 valence electrons. The minimum atomic E-state index is -2.78. The summed E-state index contributed by atoms with van der Waals surface area (Å²) in [5.41, 5.74) is 2.47. The van der Waals surface area contributed by atoms with Crippen molar-refractivity contribution >= 4 is 23.4 Å². The highest BCUT2D eigenvalue weighted by atomic mass is 19.3. The molecule has 3 amide bonds. The molecule has 12 heteroatoms. The van der Waals surface area contributed by atoms with Gasteiger partial charge in [0.05, 0.1) is 17.4 Å². The minimum Gasteiger partial charge on any atom is -0.385 e. The van der Waals surface area contributed by atoms with Crippen LogP contribution in [0.1, 0.15) is 65.5 Å². The number of aryl methyl sites for hydroxylation is 1. The lowest BCUT2D eigenvalue weighted by atomic mass is 9.80. The third-order valence-electron chi connectivity index (χ3n) is 7.97. The maximum Gasteiger partial charge on any atom is 0.282 e. The number of anilines is 1. The Bertz CT molecular complexity index is 1520. The number of hydrogen-bond acceptors (Lipinski definition) is 6. The van der Waals surface area contributed by atoms with E-state index in [4.69, 9.17) is 0 Å². The standard InChI is InChI=1S/C28H27F3N6O3/c1-14-21(29)4-5-22(33-14)20-13-37(35-25(20)26(30)31)18-8-15(9-18)11-32-17-2-3-19-16(10-17)12-36(28(19)40)23-6-7-24(38)34-27(23)39/h2-5,10,13,15,18,23,26,32H,6-9,11-12H2,1H3,(H,34,38,39)/t15-,18-,23?. The van der Waals surface area contributed by atoms with Gasteiger partial charge < -0.3 is 10.2 Å². The van der Waals surface area contributed by atoms with Crippen LogP contribution in [-0.4, -0.2) is 50.0 Å². The van der Waals surface area contributed by atoms with Gasteiger partial charge in [-0.05, 0) is 68.0 Å². The summed E-state index contributed by atoms with van der Waals surface area (Å²) in [6.07, 6.45) is 0.811. The molecule has 3 aliphatic rings. The normalized spacial score (nSPS) is 22.4. The van der Waals surface area contributed by atoms with Crippen LogP contribution in [0.15, 0.2) is 36.5 Å². The lowest BCUT2D eigenvalue weighted by Gasteiger charge is -2.35. The molecule has 9 nitrogen and oxygen atoms in total. The van der Waals surface area contributed by atoms with E-state index in [1.807, 2.05) is 12.1 Å². The largest absolute Gasteiger partial charge is 0.385 e. The fourth-order valence-electron chi connectivity index (χ4n) is 5.67. The maximum absolute atomic E-state index is 13.7. The third-order valence-corrected chi connectivity index (χ3v) is 7.97. The molecule has 1 atom stereocenters. The molecular weight excluding hydrogens is 525 g/mol. The zero-order chi connectivity index (χ0) is 28.1. The van der Waals surface area contributed by atoms with Crippen molar-refractivity contribution in [2.24, 2.45) is 5.92 Å². The number of halogens is 3. The Morgan fingerprint density at radius 1 is 1.12 bits per heavy atom. The van der Waals surface area contributed by atoms with E-state index in [9.17, 15) is 27.6 Å². The van der Waals surface area contributed by atoms with Gasteiger partial charge in [-0.1, -0.05) is 0 Å². The maximum atomic E-state index is 13.7. The first kappa shape index (κ1) is 26.0. The summed E-state index contributed by atoms with van der Waals surface area (Å²) in [4.78, 5) is 42.2. The van der Waals surface area contributed by atoms with Gasteiger partial charge in [0.1, 0.15) is 17.6 Å². The quantitative estimate of drug-likeness (QED) is 0.427. The predicted octanol–water partition coefficient (Wildman–Crippen LogP) is 4.15. The molecule has 3 aromatic rings. The van der Waals surface area contributed by atoms with Gasteiger partial charge in [0, 0.05) is 42.5 Å². The molecule has 6 rings (SSSR count). The summed E-state index contributed by atoms with van der Waals surface area (Å²) in [5.74, 6) is -1.17. The average molecular weight is 553 g/mol. The summed E-state index contributed by atoms with van der Waals surface area (Å²) in [5, 5.41) is 9.84. The number of aromatic nitrogens is 3. The van der Waals surface area contributed by atoms with E-state index in [0.29, 0.717) is 31.0 Å². The van der Waals surface area contributed by atoms with E-state index >= 15 is 0 Å². The van der Waals surface area contributed by atoms with Gasteiger partial charge in [0.2, 0.25) is 11.8 Å². The number of nitrogens with zero attached hydrogens (tertiary/aromatic N) is 4. The van der Waals surface area contributed by atoms with E-state index in [2.05, 4.69) is 20.7 Å². The van der Waals surface area contributed by atoms with Crippen LogP contribution < -0.4 is 10.6 Å². The fourth-order valence-corrected chi connectivity index (χ4v) is 5.67. The number of piperidine rings is 1. The van der Waals surface area contributed by atoms with Crippen molar-refractivity contribution in [1.82, 2.24) is 25.0 Å². The molecule has 2 N–H and O–H groups in total. The number of benzene rings is 1. The van der Waals surface area contributed by atoms with Crippen LogP contribution in [0.3, 0.4) is 0 Å². The lowest BCUT2D eigenvalue weighted by Crippen LogP contribution is -2.52. The van der Waals surface area contributed by atoms with E-state index in [1.54, 1.807) is 16.9 Å². The first-order valence-corrected chi connectivity index (χ1v) is 13.2. The van der Waals surface area contributed by atoms with E-state index < -0.39 is 24.2 Å². The first-order chi connectivity index (χ1) is 19.2. The molecule has 2 aromatic heterocycles. The highest BCUT2D eigenvalue weighted by molar-refractivity contribution is 6.05. The number of hydrogen-bond donors (Lipinski definition) is 2. The Kier molecular flexibility index (Phi) is 6.55. The Balaban J connectivity index is 1.07. The number of alkyl halides is 2. The number of carbonyl (C=O) groups excluding carboxylic acids is 3. The second-order valence-corrected chi connectivity index (χ2v) is 10.6. The number of carbonyl (C=O) groups is 3. The summed E-state index contributed by atoms with van der Waals surface area (Å²) in [6, 6.07) is 7.40. The van der Waals surface area contributed by atoms with Crippen LogP contribution in [-0.2, 0) is 16.1 Å². The number of rotatable bonds is 7. The molecule has 40 heavy (non-hydrogen) atoms. The second-order valence-electron chi connectivity index (χ2n) is 10.6. The number of fused-ring (bicyclic) bond motifs is 1. The van der Waals surface area contributed by atoms with Gasteiger partial charge in [-0.25, -0.2) is 18.2 Å². The van der Waals surface area contributed by atoms with Crippen molar-refractivity contribution < 1.29 is 27.6 Å². The summed E-state index contributed by atoms with van der Waals surface area (Å²) >= 11 is 0. The van der Waals surface area contributed by atoms with Crippen molar-refractivity contribution in [3.05, 3.63) is 64.9 Å². The minimum absolute atomic E-state index is 0.0284. The fraction of sp³-hybridized carbons (Fsp3) is 0.393. The van der Waals surface area contributed by atoms with Gasteiger partial charge >= 0.3 is 0 Å². The van der Waals surface area contributed by atoms with E-state index in [0.717, 1.165) is 24.1 Å².